The molecule has 3 rings (SSSR count). The number of aryl methyl sites for hydroxylation is 1. The minimum atomic E-state index is -0.332. The van der Waals surface area contributed by atoms with Crippen LogP contribution in [-0.2, 0) is 16.8 Å². The van der Waals surface area contributed by atoms with Crippen molar-refractivity contribution < 1.29 is 4.79 Å². The van der Waals surface area contributed by atoms with Gasteiger partial charge in [-0.15, -0.1) is 11.3 Å². The van der Waals surface area contributed by atoms with Crippen LogP contribution in [0.2, 0.25) is 0 Å². The lowest BCUT2D eigenvalue weighted by atomic mass is 9.93. The second kappa shape index (κ2) is 4.98. The van der Waals surface area contributed by atoms with Crippen LogP contribution in [0.15, 0.2) is 29.9 Å². The van der Waals surface area contributed by atoms with E-state index in [0.29, 0.717) is 13.1 Å². The molecule has 2 aromatic heterocycles. The Bertz CT molecular complexity index is 644. The van der Waals surface area contributed by atoms with Gasteiger partial charge in [-0.1, -0.05) is 19.9 Å². The lowest BCUT2D eigenvalue weighted by molar-refractivity contribution is -0.124. The summed E-state index contributed by atoms with van der Waals surface area (Å²) in [7, 11) is 0. The van der Waals surface area contributed by atoms with E-state index in [-0.39, 0.29) is 16.7 Å². The molecular weight excluding hydrogens is 282 g/mol. The molecule has 1 amide bonds. The highest BCUT2D eigenvalue weighted by Gasteiger charge is 2.67. The molecule has 0 aliphatic heterocycles. The van der Waals surface area contributed by atoms with Crippen LogP contribution >= 0.6 is 11.3 Å². The second-order valence-corrected chi connectivity index (χ2v) is 7.43. The van der Waals surface area contributed by atoms with Gasteiger partial charge >= 0.3 is 0 Å². The summed E-state index contributed by atoms with van der Waals surface area (Å²) >= 11 is 1.68. The number of rotatable bonds is 5. The smallest absolute Gasteiger partial charge is 0.232 e. The van der Waals surface area contributed by atoms with Crippen molar-refractivity contribution in [3.05, 3.63) is 40.3 Å². The molecule has 1 N–H and O–H groups in total. The molecule has 0 spiro atoms. The van der Waals surface area contributed by atoms with Gasteiger partial charge in [0.05, 0.1) is 18.2 Å². The molecule has 1 aliphatic carbocycles. The molecule has 4 nitrogen and oxygen atoms in total. The average molecular weight is 303 g/mol. The third kappa shape index (κ3) is 2.39. The summed E-state index contributed by atoms with van der Waals surface area (Å²) in [6, 6.07) is 4.10. The van der Waals surface area contributed by atoms with E-state index in [2.05, 4.69) is 30.3 Å². The number of carbonyl (C=O) groups excluding carboxylic acids is 1. The van der Waals surface area contributed by atoms with Gasteiger partial charge in [0.25, 0.3) is 0 Å². The van der Waals surface area contributed by atoms with Gasteiger partial charge in [-0.3, -0.25) is 9.48 Å². The Kier molecular flexibility index (Phi) is 3.40. The first kappa shape index (κ1) is 14.3. The van der Waals surface area contributed by atoms with E-state index in [9.17, 15) is 4.79 Å². The van der Waals surface area contributed by atoms with E-state index in [1.54, 1.807) is 11.3 Å². The van der Waals surface area contributed by atoms with Gasteiger partial charge in [0, 0.05) is 17.6 Å². The molecule has 1 fully saturated rings. The molecule has 0 saturated heterocycles. The van der Waals surface area contributed by atoms with Crippen molar-refractivity contribution >= 4 is 17.2 Å². The van der Waals surface area contributed by atoms with Crippen molar-refractivity contribution in [1.82, 2.24) is 15.1 Å². The number of carbonyl (C=O) groups is 1. The van der Waals surface area contributed by atoms with Crippen LogP contribution in [0.5, 0.6) is 0 Å². The average Bonchev–Trinajstić information content (AvgIpc) is 2.87. The predicted molar refractivity (Wildman–Crippen MR) is 84.4 cm³/mol. The maximum Gasteiger partial charge on any atom is 0.232 e. The fourth-order valence-corrected chi connectivity index (χ4v) is 4.19. The van der Waals surface area contributed by atoms with Crippen LogP contribution in [0.3, 0.4) is 0 Å². The van der Waals surface area contributed by atoms with E-state index >= 15 is 0 Å². The summed E-state index contributed by atoms with van der Waals surface area (Å²) in [4.78, 5) is 13.9. The van der Waals surface area contributed by atoms with Gasteiger partial charge < -0.3 is 5.32 Å². The molecule has 0 aromatic carbocycles. The summed E-state index contributed by atoms with van der Waals surface area (Å²) in [6.07, 6.45) is 4.74. The van der Waals surface area contributed by atoms with Crippen molar-refractivity contribution in [1.29, 1.82) is 0 Å². The molecule has 1 saturated carbocycles. The lowest BCUT2D eigenvalue weighted by Gasteiger charge is -2.19. The van der Waals surface area contributed by atoms with E-state index in [0.717, 1.165) is 12.0 Å². The SMILES string of the molecule is Cc1cnn(CCNC(=O)[C@]2(c3cccs3)CC2(C)C)c1. The summed E-state index contributed by atoms with van der Waals surface area (Å²) in [5, 5.41) is 9.38. The topological polar surface area (TPSA) is 46.9 Å². The number of hydrogen-bond acceptors (Lipinski definition) is 3. The van der Waals surface area contributed by atoms with E-state index in [1.807, 2.05) is 35.4 Å². The van der Waals surface area contributed by atoms with Crippen molar-refractivity contribution in [2.24, 2.45) is 5.41 Å². The van der Waals surface area contributed by atoms with Crippen LogP contribution < -0.4 is 5.32 Å². The van der Waals surface area contributed by atoms with Crippen LogP contribution in [0.25, 0.3) is 0 Å². The van der Waals surface area contributed by atoms with Crippen LogP contribution in [0, 0.1) is 12.3 Å². The Morgan fingerprint density at radius 2 is 2.29 bits per heavy atom. The van der Waals surface area contributed by atoms with E-state index in [1.165, 1.54) is 4.88 Å². The minimum Gasteiger partial charge on any atom is -0.353 e. The molecule has 0 unspecified atom stereocenters. The monoisotopic (exact) mass is 303 g/mol. The number of amides is 1. The number of nitrogens with zero attached hydrogens (tertiary/aromatic N) is 2. The van der Waals surface area contributed by atoms with E-state index < -0.39 is 0 Å². The maximum absolute atomic E-state index is 12.7. The number of thiophene rings is 1. The van der Waals surface area contributed by atoms with Gasteiger partial charge in [-0.2, -0.15) is 5.10 Å². The van der Waals surface area contributed by atoms with Crippen LogP contribution in [0.4, 0.5) is 0 Å². The molecule has 112 valence electrons. The zero-order valence-electron chi connectivity index (χ0n) is 12.7. The fraction of sp³-hybridized carbons (Fsp3) is 0.500. The third-order valence-corrected chi connectivity index (χ3v) is 5.49. The summed E-state index contributed by atoms with van der Waals surface area (Å²) < 4.78 is 1.87. The second-order valence-electron chi connectivity index (χ2n) is 6.48. The third-order valence-electron chi connectivity index (χ3n) is 4.46. The van der Waals surface area contributed by atoms with Gasteiger partial charge in [-0.25, -0.2) is 0 Å². The fourth-order valence-electron chi connectivity index (χ4n) is 3.08. The molecule has 5 heteroatoms. The molecule has 2 heterocycles. The van der Waals surface area contributed by atoms with Gasteiger partial charge in [0.15, 0.2) is 0 Å². The zero-order valence-corrected chi connectivity index (χ0v) is 13.5. The largest absolute Gasteiger partial charge is 0.353 e. The van der Waals surface area contributed by atoms with Crippen LogP contribution in [0.1, 0.15) is 30.7 Å². The predicted octanol–water partition coefficient (Wildman–Crippen LogP) is 2.74. The summed E-state index contributed by atoms with van der Waals surface area (Å²) in [5.74, 6) is 0.152. The zero-order chi connectivity index (χ0) is 15.1. The molecular formula is C16H21N3OS. The van der Waals surface area contributed by atoms with Gasteiger partial charge in [-0.05, 0) is 35.8 Å². The van der Waals surface area contributed by atoms with Crippen molar-refractivity contribution in [3.63, 3.8) is 0 Å². The highest BCUT2D eigenvalue weighted by atomic mass is 32.1. The molecule has 21 heavy (non-hydrogen) atoms. The molecule has 0 bridgehead atoms. The van der Waals surface area contributed by atoms with Crippen LogP contribution in [-0.4, -0.2) is 22.2 Å². The summed E-state index contributed by atoms with van der Waals surface area (Å²) in [6.45, 7) is 7.68. The molecule has 1 atom stereocenters. The molecule has 2 aromatic rings. The lowest BCUT2D eigenvalue weighted by Crippen LogP contribution is -2.38. The first-order chi connectivity index (χ1) is 9.96. The highest BCUT2D eigenvalue weighted by Crippen LogP contribution is 2.65. The molecule has 1 aliphatic rings. The normalized spacial score (nSPS) is 23.0. The Hall–Kier alpha value is -1.62. The van der Waals surface area contributed by atoms with Crippen molar-refractivity contribution in [2.75, 3.05) is 6.54 Å². The van der Waals surface area contributed by atoms with Crippen molar-refractivity contribution in [2.45, 2.75) is 39.2 Å². The maximum atomic E-state index is 12.7. The molecule has 0 radical (unpaired) electrons. The van der Waals surface area contributed by atoms with E-state index in [4.69, 9.17) is 0 Å². The van der Waals surface area contributed by atoms with Crippen molar-refractivity contribution in [3.8, 4) is 0 Å². The summed E-state index contributed by atoms with van der Waals surface area (Å²) in [5.41, 5.74) is 0.852. The van der Waals surface area contributed by atoms with Gasteiger partial charge in [0.1, 0.15) is 0 Å². The minimum absolute atomic E-state index is 0.0459. The standard InChI is InChI=1S/C16H21N3OS/c1-12-9-18-19(10-12)7-6-17-14(20)16(11-15(16,2)3)13-5-4-8-21-13/h4-5,8-10H,6-7,11H2,1-3H3,(H,17,20)/t16-/m1/s1. The number of nitrogens with one attached hydrogen (secondary N) is 1. The highest BCUT2D eigenvalue weighted by molar-refractivity contribution is 7.10. The first-order valence-corrected chi connectivity index (χ1v) is 8.15. The number of aromatic nitrogens is 2. The Balaban J connectivity index is 1.64. The van der Waals surface area contributed by atoms with Gasteiger partial charge in [0.2, 0.25) is 5.91 Å². The quantitative estimate of drug-likeness (QED) is 0.923. The Labute approximate surface area is 129 Å². The Morgan fingerprint density at radius 1 is 1.52 bits per heavy atom. The Morgan fingerprint density at radius 3 is 2.81 bits per heavy atom. The first-order valence-electron chi connectivity index (χ1n) is 7.27. The number of hydrogen-bond donors (Lipinski definition) is 1.